The van der Waals surface area contributed by atoms with Gasteiger partial charge in [-0.05, 0) is 96.0 Å². The van der Waals surface area contributed by atoms with Crippen LogP contribution in [0.5, 0.6) is 0 Å². The van der Waals surface area contributed by atoms with Crippen molar-refractivity contribution in [2.45, 2.75) is 0 Å². The van der Waals surface area contributed by atoms with E-state index in [9.17, 15) is 0 Å². The Kier molecular flexibility index (Phi) is 6.85. The third-order valence-corrected chi connectivity index (χ3v) is 10.2. The van der Waals surface area contributed by atoms with Crippen molar-refractivity contribution in [2.75, 3.05) is 0 Å². The molecule has 1 aromatic heterocycles. The van der Waals surface area contributed by atoms with Crippen LogP contribution in [0.15, 0.2) is 194 Å². The van der Waals surface area contributed by atoms with E-state index >= 15 is 0 Å². The SMILES string of the molecule is c1ccc(-c2cccc(-c3c4ccccc4c(-c4ccc(-n5c(-c6cccc7ccccc67)nc6ccccc65)cc4)c4ccccc34)c2)cc1. The van der Waals surface area contributed by atoms with Crippen molar-refractivity contribution in [3.05, 3.63) is 194 Å². The maximum absolute atomic E-state index is 5.20. The summed E-state index contributed by atoms with van der Waals surface area (Å²) in [5.74, 6) is 0.943. The molecule has 0 aliphatic rings. The van der Waals surface area contributed by atoms with Crippen LogP contribution >= 0.6 is 0 Å². The molecule has 0 saturated heterocycles. The number of para-hydroxylation sites is 2. The lowest BCUT2D eigenvalue weighted by atomic mass is 9.85. The number of fused-ring (bicyclic) bond motifs is 4. The van der Waals surface area contributed by atoms with Gasteiger partial charge in [0.15, 0.2) is 0 Å². The Labute approximate surface area is 296 Å². The highest BCUT2D eigenvalue weighted by Gasteiger charge is 2.19. The van der Waals surface area contributed by atoms with Crippen LogP contribution in [0.1, 0.15) is 0 Å². The van der Waals surface area contributed by atoms with Gasteiger partial charge in [-0.1, -0.05) is 164 Å². The first-order valence-electron chi connectivity index (χ1n) is 17.5. The summed E-state index contributed by atoms with van der Waals surface area (Å²) in [5, 5.41) is 7.39. The maximum Gasteiger partial charge on any atom is 0.146 e. The Balaban J connectivity index is 1.16. The van der Waals surface area contributed by atoms with Crippen LogP contribution in [0.3, 0.4) is 0 Å². The molecule has 51 heavy (non-hydrogen) atoms. The molecule has 0 saturated carbocycles. The molecule has 2 nitrogen and oxygen atoms in total. The largest absolute Gasteiger partial charge is 0.292 e. The number of nitrogens with zero attached hydrogens (tertiary/aromatic N) is 2. The zero-order valence-electron chi connectivity index (χ0n) is 27.9. The van der Waals surface area contributed by atoms with Crippen LogP contribution in [0.2, 0.25) is 0 Å². The van der Waals surface area contributed by atoms with Gasteiger partial charge in [-0.3, -0.25) is 4.57 Å². The van der Waals surface area contributed by atoms with E-state index in [4.69, 9.17) is 4.98 Å². The molecule has 238 valence electrons. The fraction of sp³-hybridized carbons (Fsp3) is 0. The van der Waals surface area contributed by atoms with Crippen LogP contribution in [0, 0.1) is 0 Å². The van der Waals surface area contributed by atoms with Gasteiger partial charge in [0.1, 0.15) is 5.82 Å². The highest BCUT2D eigenvalue weighted by molar-refractivity contribution is 6.21. The summed E-state index contributed by atoms with van der Waals surface area (Å²) < 4.78 is 2.31. The molecule has 10 rings (SSSR count). The molecule has 0 unspecified atom stereocenters. The molecule has 0 amide bonds. The molecule has 0 radical (unpaired) electrons. The molecule has 10 aromatic rings. The Bertz CT molecular complexity index is 2840. The second-order valence-corrected chi connectivity index (χ2v) is 13.1. The molecule has 0 aliphatic heterocycles. The topological polar surface area (TPSA) is 17.8 Å². The van der Waals surface area contributed by atoms with Crippen molar-refractivity contribution in [3.8, 4) is 50.5 Å². The van der Waals surface area contributed by atoms with Crippen molar-refractivity contribution >= 4 is 43.4 Å². The predicted molar refractivity (Wildman–Crippen MR) is 215 cm³/mol. The third kappa shape index (κ3) is 4.84. The standard InChI is InChI=1S/C49H32N2/c1-2-14-33(15-3-1)36-18-12-19-37(32-36)48-42-23-8-6-21-40(42)47(41-22-7-9-24-43(41)48)35-28-30-38(31-29-35)51-46-27-11-10-26-45(46)50-49(51)44-25-13-17-34-16-4-5-20-39(34)44/h1-32H. The van der Waals surface area contributed by atoms with Crippen molar-refractivity contribution in [3.63, 3.8) is 0 Å². The van der Waals surface area contributed by atoms with Crippen molar-refractivity contribution in [1.82, 2.24) is 9.55 Å². The minimum Gasteiger partial charge on any atom is -0.292 e. The second kappa shape index (κ2) is 12.0. The summed E-state index contributed by atoms with van der Waals surface area (Å²) in [5.41, 5.74) is 11.6. The number of hydrogen-bond donors (Lipinski definition) is 0. The number of aromatic nitrogens is 2. The van der Waals surface area contributed by atoms with Crippen LogP contribution in [-0.2, 0) is 0 Å². The van der Waals surface area contributed by atoms with Crippen LogP contribution < -0.4 is 0 Å². The van der Waals surface area contributed by atoms with Crippen LogP contribution in [0.4, 0.5) is 0 Å². The molecule has 1 heterocycles. The van der Waals surface area contributed by atoms with Gasteiger partial charge in [-0.15, -0.1) is 0 Å². The minimum atomic E-state index is 0.943. The predicted octanol–water partition coefficient (Wildman–Crippen LogP) is 13.2. The average Bonchev–Trinajstić information content (AvgIpc) is 3.59. The number of hydrogen-bond acceptors (Lipinski definition) is 1. The lowest BCUT2D eigenvalue weighted by molar-refractivity contribution is 1.11. The lowest BCUT2D eigenvalue weighted by Gasteiger charge is -2.18. The minimum absolute atomic E-state index is 0.943. The molecule has 0 aliphatic carbocycles. The van der Waals surface area contributed by atoms with E-state index < -0.39 is 0 Å². The number of imidazole rings is 1. The first kappa shape index (κ1) is 29.2. The average molecular weight is 649 g/mol. The smallest absolute Gasteiger partial charge is 0.146 e. The van der Waals surface area contributed by atoms with Gasteiger partial charge < -0.3 is 0 Å². The quantitative estimate of drug-likeness (QED) is 0.170. The number of rotatable bonds is 5. The monoisotopic (exact) mass is 648 g/mol. The summed E-state index contributed by atoms with van der Waals surface area (Å²) in [4.78, 5) is 5.20. The molecular formula is C49H32N2. The second-order valence-electron chi connectivity index (χ2n) is 13.1. The van der Waals surface area contributed by atoms with Crippen molar-refractivity contribution < 1.29 is 0 Å². The van der Waals surface area contributed by atoms with Gasteiger partial charge in [0.05, 0.1) is 11.0 Å². The fourth-order valence-corrected chi connectivity index (χ4v) is 7.90. The third-order valence-electron chi connectivity index (χ3n) is 10.2. The molecule has 0 spiro atoms. The van der Waals surface area contributed by atoms with Crippen LogP contribution in [-0.4, -0.2) is 9.55 Å². The van der Waals surface area contributed by atoms with Gasteiger partial charge in [0, 0.05) is 11.3 Å². The molecule has 0 bridgehead atoms. The van der Waals surface area contributed by atoms with E-state index in [-0.39, 0.29) is 0 Å². The van der Waals surface area contributed by atoms with Crippen LogP contribution in [0.25, 0.3) is 93.8 Å². The maximum atomic E-state index is 5.20. The zero-order chi connectivity index (χ0) is 33.7. The van der Waals surface area contributed by atoms with Crippen molar-refractivity contribution in [1.29, 1.82) is 0 Å². The summed E-state index contributed by atoms with van der Waals surface area (Å²) in [6.45, 7) is 0. The van der Waals surface area contributed by atoms with Gasteiger partial charge in [0.2, 0.25) is 0 Å². The Hall–Kier alpha value is -6.77. The Morgan fingerprint density at radius 1 is 0.353 bits per heavy atom. The Morgan fingerprint density at radius 2 is 0.882 bits per heavy atom. The first-order valence-corrected chi connectivity index (χ1v) is 17.5. The molecule has 0 atom stereocenters. The first-order chi connectivity index (χ1) is 25.3. The summed E-state index contributed by atoms with van der Waals surface area (Å²) in [7, 11) is 0. The highest BCUT2D eigenvalue weighted by atomic mass is 15.1. The molecule has 9 aromatic carbocycles. The van der Waals surface area contributed by atoms with Crippen molar-refractivity contribution in [2.24, 2.45) is 0 Å². The summed E-state index contributed by atoms with van der Waals surface area (Å²) >= 11 is 0. The van der Waals surface area contributed by atoms with Gasteiger partial charge in [0.25, 0.3) is 0 Å². The van der Waals surface area contributed by atoms with E-state index in [1.54, 1.807) is 0 Å². The molecule has 0 fully saturated rings. The van der Waals surface area contributed by atoms with Gasteiger partial charge >= 0.3 is 0 Å². The van der Waals surface area contributed by atoms with Gasteiger partial charge in [-0.25, -0.2) is 4.98 Å². The molecule has 0 N–H and O–H groups in total. The van der Waals surface area contributed by atoms with E-state index in [1.807, 2.05) is 0 Å². The molecular weight excluding hydrogens is 617 g/mol. The van der Waals surface area contributed by atoms with Gasteiger partial charge in [-0.2, -0.15) is 0 Å². The lowest BCUT2D eigenvalue weighted by Crippen LogP contribution is -1.98. The summed E-state index contributed by atoms with van der Waals surface area (Å²) in [6.07, 6.45) is 0. The van der Waals surface area contributed by atoms with E-state index in [1.165, 1.54) is 65.7 Å². The normalized spacial score (nSPS) is 11.5. The van der Waals surface area contributed by atoms with E-state index in [0.29, 0.717) is 0 Å². The molecule has 2 heteroatoms. The van der Waals surface area contributed by atoms with E-state index in [2.05, 4.69) is 199 Å². The fourth-order valence-electron chi connectivity index (χ4n) is 7.90. The summed E-state index contributed by atoms with van der Waals surface area (Å²) in [6, 6.07) is 69.9. The Morgan fingerprint density at radius 3 is 1.61 bits per heavy atom. The highest BCUT2D eigenvalue weighted by Crippen LogP contribution is 2.44. The number of benzene rings is 9. The van der Waals surface area contributed by atoms with E-state index in [0.717, 1.165) is 28.1 Å². The zero-order valence-corrected chi connectivity index (χ0v) is 27.9.